The molecule has 1 aliphatic heterocycles. The van der Waals surface area contributed by atoms with Gasteiger partial charge in [0.15, 0.2) is 0 Å². The maximum Gasteiger partial charge on any atom is 0.1000 e. The van der Waals surface area contributed by atoms with E-state index in [1.54, 1.807) is 0 Å². The normalized spacial score (nSPS) is 30.6. The molecule has 0 spiro atoms. The van der Waals surface area contributed by atoms with Gasteiger partial charge < -0.3 is 0 Å². The van der Waals surface area contributed by atoms with Gasteiger partial charge in [-0.15, -0.1) is 0 Å². The van der Waals surface area contributed by atoms with Crippen LogP contribution in [-0.4, -0.2) is 25.8 Å². The summed E-state index contributed by atoms with van der Waals surface area (Å²) in [4.78, 5) is 0. The Morgan fingerprint density at radius 1 is 1.00 bits per heavy atom. The molecule has 0 amide bonds. The fourth-order valence-electron chi connectivity index (χ4n) is 3.31. The second-order valence-electron chi connectivity index (χ2n) is 6.61. The Balaban J connectivity index is 2.04. The van der Waals surface area contributed by atoms with Gasteiger partial charge in [-0.05, 0) is 52.4 Å². The van der Waals surface area contributed by atoms with E-state index in [-0.39, 0.29) is 4.75 Å². The predicted octanol–water partition coefficient (Wildman–Crippen LogP) is 3.49. The molecule has 2 atom stereocenters. The SMILES string of the molecule is CC(C)(C)S(=O)N1CCCC1C1CCCCC1. The van der Waals surface area contributed by atoms with Crippen molar-refractivity contribution in [2.75, 3.05) is 6.54 Å². The third kappa shape index (κ3) is 3.11. The Bertz CT molecular complexity index is 278. The molecular formula is C14H27NOS. The van der Waals surface area contributed by atoms with E-state index in [1.165, 1.54) is 44.9 Å². The minimum Gasteiger partial charge on any atom is -0.242 e. The molecule has 2 unspecified atom stereocenters. The van der Waals surface area contributed by atoms with Crippen LogP contribution in [0.3, 0.4) is 0 Å². The van der Waals surface area contributed by atoms with Gasteiger partial charge in [0.1, 0.15) is 0 Å². The summed E-state index contributed by atoms with van der Waals surface area (Å²) in [7, 11) is -0.811. The predicted molar refractivity (Wildman–Crippen MR) is 74.2 cm³/mol. The van der Waals surface area contributed by atoms with Crippen LogP contribution in [0.4, 0.5) is 0 Å². The largest absolute Gasteiger partial charge is 0.242 e. The van der Waals surface area contributed by atoms with Crippen LogP contribution in [0, 0.1) is 5.92 Å². The molecule has 2 aliphatic rings. The summed E-state index contributed by atoms with van der Waals surface area (Å²) in [5.74, 6) is 0.817. The van der Waals surface area contributed by atoms with Gasteiger partial charge in [0.05, 0.1) is 15.7 Å². The van der Waals surface area contributed by atoms with Gasteiger partial charge >= 0.3 is 0 Å². The topological polar surface area (TPSA) is 20.3 Å². The summed E-state index contributed by atoms with van der Waals surface area (Å²) in [5.41, 5.74) is 0. The first kappa shape index (κ1) is 13.5. The molecule has 1 aliphatic carbocycles. The summed E-state index contributed by atoms with van der Waals surface area (Å²) >= 11 is 0. The highest BCUT2D eigenvalue weighted by molar-refractivity contribution is 7.84. The molecule has 17 heavy (non-hydrogen) atoms. The third-order valence-corrected chi connectivity index (χ3v) is 6.11. The number of hydrogen-bond donors (Lipinski definition) is 0. The van der Waals surface area contributed by atoms with Crippen molar-refractivity contribution in [1.82, 2.24) is 4.31 Å². The Morgan fingerprint density at radius 3 is 2.24 bits per heavy atom. The first-order valence-electron chi connectivity index (χ1n) is 7.19. The zero-order chi connectivity index (χ0) is 12.5. The number of rotatable bonds is 2. The van der Waals surface area contributed by atoms with Crippen LogP contribution in [0.25, 0.3) is 0 Å². The van der Waals surface area contributed by atoms with Gasteiger partial charge in [-0.1, -0.05) is 19.3 Å². The molecule has 1 saturated heterocycles. The molecule has 2 fully saturated rings. The average molecular weight is 257 g/mol. The second-order valence-corrected chi connectivity index (χ2v) is 8.80. The highest BCUT2D eigenvalue weighted by Crippen LogP contribution is 2.36. The smallest absolute Gasteiger partial charge is 0.1000 e. The van der Waals surface area contributed by atoms with Crippen LogP contribution in [0.1, 0.15) is 65.7 Å². The summed E-state index contributed by atoms with van der Waals surface area (Å²) in [5, 5.41) is 0. The fourth-order valence-corrected chi connectivity index (χ4v) is 4.84. The molecule has 0 aromatic heterocycles. The van der Waals surface area contributed by atoms with Gasteiger partial charge in [0, 0.05) is 12.6 Å². The third-order valence-electron chi connectivity index (χ3n) is 4.18. The zero-order valence-corrected chi connectivity index (χ0v) is 12.4. The Hall–Kier alpha value is 0.110. The highest BCUT2D eigenvalue weighted by Gasteiger charge is 2.38. The van der Waals surface area contributed by atoms with Crippen molar-refractivity contribution >= 4 is 11.0 Å². The van der Waals surface area contributed by atoms with Crippen LogP contribution in [0.5, 0.6) is 0 Å². The summed E-state index contributed by atoms with van der Waals surface area (Å²) < 4.78 is 14.8. The maximum absolute atomic E-state index is 12.6. The highest BCUT2D eigenvalue weighted by atomic mass is 32.2. The summed E-state index contributed by atoms with van der Waals surface area (Å²) in [6, 6.07) is 0.607. The van der Waals surface area contributed by atoms with Crippen molar-refractivity contribution in [3.8, 4) is 0 Å². The van der Waals surface area contributed by atoms with Gasteiger partial charge in [0.25, 0.3) is 0 Å². The maximum atomic E-state index is 12.6. The molecule has 2 rings (SSSR count). The van der Waals surface area contributed by atoms with Crippen molar-refractivity contribution < 1.29 is 4.21 Å². The Morgan fingerprint density at radius 2 is 1.65 bits per heavy atom. The first-order chi connectivity index (χ1) is 8.00. The van der Waals surface area contributed by atoms with E-state index in [4.69, 9.17) is 0 Å². The zero-order valence-electron chi connectivity index (χ0n) is 11.6. The average Bonchev–Trinajstić information content (AvgIpc) is 2.76. The van der Waals surface area contributed by atoms with Crippen molar-refractivity contribution in [2.45, 2.75) is 76.5 Å². The lowest BCUT2D eigenvalue weighted by Gasteiger charge is -2.36. The van der Waals surface area contributed by atoms with Gasteiger partial charge in [0.2, 0.25) is 0 Å². The van der Waals surface area contributed by atoms with Crippen LogP contribution in [0.2, 0.25) is 0 Å². The van der Waals surface area contributed by atoms with Gasteiger partial charge in [-0.2, -0.15) is 0 Å². The minimum absolute atomic E-state index is 0.0999. The Kier molecular flexibility index (Phi) is 4.30. The molecule has 3 heteroatoms. The molecule has 1 heterocycles. The number of hydrogen-bond acceptors (Lipinski definition) is 1. The Labute approximate surface area is 109 Å². The van der Waals surface area contributed by atoms with Crippen molar-refractivity contribution in [3.63, 3.8) is 0 Å². The standard InChI is InChI=1S/C14H27NOS/c1-14(2,3)17(16)15-11-7-10-13(15)12-8-5-4-6-9-12/h12-13H,4-11H2,1-3H3. The van der Waals surface area contributed by atoms with Gasteiger partial charge in [-0.25, -0.2) is 8.51 Å². The molecule has 2 nitrogen and oxygen atoms in total. The summed E-state index contributed by atoms with van der Waals surface area (Å²) in [6.07, 6.45) is 9.42. The second kappa shape index (κ2) is 5.40. The molecule has 0 aromatic carbocycles. The fraction of sp³-hybridized carbons (Fsp3) is 1.00. The van der Waals surface area contributed by atoms with Crippen LogP contribution < -0.4 is 0 Å². The lowest BCUT2D eigenvalue weighted by atomic mass is 9.83. The lowest BCUT2D eigenvalue weighted by molar-refractivity contribution is 0.230. The van der Waals surface area contributed by atoms with E-state index in [0.717, 1.165) is 12.5 Å². The molecule has 0 radical (unpaired) electrons. The molecular weight excluding hydrogens is 230 g/mol. The first-order valence-corrected chi connectivity index (χ1v) is 8.29. The van der Waals surface area contributed by atoms with E-state index in [9.17, 15) is 4.21 Å². The van der Waals surface area contributed by atoms with Crippen LogP contribution in [0.15, 0.2) is 0 Å². The minimum atomic E-state index is -0.811. The molecule has 100 valence electrons. The van der Waals surface area contributed by atoms with Crippen LogP contribution in [-0.2, 0) is 11.0 Å². The van der Waals surface area contributed by atoms with E-state index in [1.807, 2.05) is 0 Å². The lowest BCUT2D eigenvalue weighted by Crippen LogP contribution is -2.43. The van der Waals surface area contributed by atoms with E-state index < -0.39 is 11.0 Å². The van der Waals surface area contributed by atoms with Crippen LogP contribution >= 0.6 is 0 Å². The quantitative estimate of drug-likeness (QED) is 0.741. The van der Waals surface area contributed by atoms with E-state index in [2.05, 4.69) is 25.1 Å². The van der Waals surface area contributed by atoms with Gasteiger partial charge in [-0.3, -0.25) is 0 Å². The van der Waals surface area contributed by atoms with Crippen molar-refractivity contribution in [2.24, 2.45) is 5.92 Å². The number of nitrogens with zero attached hydrogens (tertiary/aromatic N) is 1. The molecule has 0 bridgehead atoms. The molecule has 1 saturated carbocycles. The monoisotopic (exact) mass is 257 g/mol. The molecule has 0 aromatic rings. The van der Waals surface area contributed by atoms with Crippen molar-refractivity contribution in [3.05, 3.63) is 0 Å². The molecule has 0 N–H and O–H groups in total. The van der Waals surface area contributed by atoms with E-state index >= 15 is 0 Å². The van der Waals surface area contributed by atoms with Crippen molar-refractivity contribution in [1.29, 1.82) is 0 Å². The summed E-state index contributed by atoms with van der Waals surface area (Å²) in [6.45, 7) is 7.34. The van der Waals surface area contributed by atoms with E-state index in [0.29, 0.717) is 6.04 Å².